The van der Waals surface area contributed by atoms with E-state index in [-0.39, 0.29) is 17.6 Å². The minimum Gasteiger partial charge on any atom is -0.388 e. The second-order valence-corrected chi connectivity index (χ2v) is 6.73. The number of fused-ring (bicyclic) bond motifs is 1. The molecule has 1 amide bonds. The molecule has 134 valence electrons. The first-order valence-electron chi connectivity index (χ1n) is 8.78. The van der Waals surface area contributed by atoms with Crippen LogP contribution in [0.5, 0.6) is 0 Å². The van der Waals surface area contributed by atoms with E-state index < -0.39 is 6.10 Å². The number of rotatable bonds is 3. The van der Waals surface area contributed by atoms with E-state index >= 15 is 0 Å². The molecular formula is C20H20FN3O2. The van der Waals surface area contributed by atoms with Crippen LogP contribution in [0.1, 0.15) is 34.9 Å². The molecule has 2 N–H and O–H groups in total. The summed E-state index contributed by atoms with van der Waals surface area (Å²) in [5.74, 6) is -0.281. The number of halogens is 1. The largest absolute Gasteiger partial charge is 0.388 e. The maximum absolute atomic E-state index is 13.0. The number of benzene rings is 2. The van der Waals surface area contributed by atoms with Crippen molar-refractivity contribution >= 4 is 16.9 Å². The van der Waals surface area contributed by atoms with Crippen molar-refractivity contribution in [1.82, 2.24) is 14.9 Å². The number of nitrogens with one attached hydrogen (secondary N) is 1. The number of aromatic nitrogens is 2. The summed E-state index contributed by atoms with van der Waals surface area (Å²) in [5, 5.41) is 10.6. The molecule has 0 spiro atoms. The van der Waals surface area contributed by atoms with Crippen molar-refractivity contribution in [3.05, 3.63) is 65.7 Å². The summed E-state index contributed by atoms with van der Waals surface area (Å²) in [6, 6.07) is 11.5. The Kier molecular flexibility index (Phi) is 4.42. The highest BCUT2D eigenvalue weighted by Crippen LogP contribution is 2.31. The van der Waals surface area contributed by atoms with Crippen LogP contribution in [-0.2, 0) is 0 Å². The number of nitrogens with zero attached hydrogens (tertiary/aromatic N) is 2. The third-order valence-corrected chi connectivity index (χ3v) is 5.17. The lowest BCUT2D eigenvalue weighted by atomic mass is 9.87. The molecule has 0 aliphatic carbocycles. The zero-order valence-corrected chi connectivity index (χ0v) is 14.2. The Morgan fingerprint density at radius 3 is 2.65 bits per heavy atom. The van der Waals surface area contributed by atoms with Crippen molar-refractivity contribution < 1.29 is 14.3 Å². The van der Waals surface area contributed by atoms with Crippen molar-refractivity contribution in [2.75, 3.05) is 13.1 Å². The van der Waals surface area contributed by atoms with Gasteiger partial charge in [-0.3, -0.25) is 4.79 Å². The monoisotopic (exact) mass is 353 g/mol. The third kappa shape index (κ3) is 3.08. The van der Waals surface area contributed by atoms with Gasteiger partial charge in [-0.05, 0) is 48.6 Å². The predicted molar refractivity (Wildman–Crippen MR) is 96.1 cm³/mol. The van der Waals surface area contributed by atoms with Gasteiger partial charge < -0.3 is 15.0 Å². The number of H-pyrrole nitrogens is 1. The van der Waals surface area contributed by atoms with Gasteiger partial charge in [0.15, 0.2) is 0 Å². The molecule has 4 rings (SSSR count). The Bertz CT molecular complexity index is 914. The Labute approximate surface area is 150 Å². The molecule has 0 bridgehead atoms. The Hall–Kier alpha value is -2.73. The van der Waals surface area contributed by atoms with E-state index in [9.17, 15) is 14.3 Å². The summed E-state index contributed by atoms with van der Waals surface area (Å²) in [5.41, 5.74) is 2.85. The minimum absolute atomic E-state index is 0.0302. The van der Waals surface area contributed by atoms with Gasteiger partial charge in [-0.15, -0.1) is 0 Å². The van der Waals surface area contributed by atoms with Gasteiger partial charge in [0.1, 0.15) is 11.3 Å². The number of para-hydroxylation sites is 1. The Balaban J connectivity index is 1.44. The van der Waals surface area contributed by atoms with Crippen LogP contribution in [0.3, 0.4) is 0 Å². The molecule has 0 radical (unpaired) electrons. The van der Waals surface area contributed by atoms with Crippen LogP contribution < -0.4 is 0 Å². The van der Waals surface area contributed by atoms with E-state index in [2.05, 4.69) is 9.97 Å². The van der Waals surface area contributed by atoms with Crippen molar-refractivity contribution in [2.45, 2.75) is 18.9 Å². The quantitative estimate of drug-likeness (QED) is 0.759. The summed E-state index contributed by atoms with van der Waals surface area (Å²) in [4.78, 5) is 22.0. The van der Waals surface area contributed by atoms with Gasteiger partial charge in [0.2, 0.25) is 0 Å². The molecular weight excluding hydrogens is 333 g/mol. The summed E-state index contributed by atoms with van der Waals surface area (Å²) < 4.78 is 13.0. The average molecular weight is 353 g/mol. The van der Waals surface area contributed by atoms with Gasteiger partial charge in [0.25, 0.3) is 5.91 Å². The number of aromatic amines is 1. The van der Waals surface area contributed by atoms with E-state index in [4.69, 9.17) is 0 Å². The molecule has 5 nitrogen and oxygen atoms in total. The van der Waals surface area contributed by atoms with Gasteiger partial charge in [0.05, 0.1) is 23.5 Å². The zero-order valence-electron chi connectivity index (χ0n) is 14.2. The molecule has 3 aromatic rings. The average Bonchev–Trinajstić information content (AvgIpc) is 3.16. The molecule has 2 heterocycles. The normalized spacial score (nSPS) is 16.8. The van der Waals surface area contributed by atoms with Gasteiger partial charge in [0, 0.05) is 13.1 Å². The van der Waals surface area contributed by atoms with Gasteiger partial charge in [-0.2, -0.15) is 0 Å². The van der Waals surface area contributed by atoms with Crippen LogP contribution in [0.2, 0.25) is 0 Å². The molecule has 1 aliphatic heterocycles. The van der Waals surface area contributed by atoms with Crippen LogP contribution >= 0.6 is 0 Å². The molecule has 1 unspecified atom stereocenters. The fraction of sp³-hybridized carbons (Fsp3) is 0.300. The highest BCUT2D eigenvalue weighted by molar-refractivity contribution is 6.04. The molecule has 1 atom stereocenters. The number of aliphatic hydroxyl groups excluding tert-OH is 1. The van der Waals surface area contributed by atoms with Gasteiger partial charge in [-0.25, -0.2) is 9.37 Å². The molecule has 1 aromatic heterocycles. The maximum Gasteiger partial charge on any atom is 0.256 e. The van der Waals surface area contributed by atoms with Gasteiger partial charge in [-0.1, -0.05) is 18.2 Å². The van der Waals surface area contributed by atoms with Crippen LogP contribution in [0.25, 0.3) is 11.0 Å². The standard InChI is InChI=1S/C20H20FN3O2/c21-15-6-4-13(5-7-15)19(25)14-8-10-24(11-9-14)20(26)16-2-1-3-17-18(16)23-12-22-17/h1-7,12,14,19,25H,8-11H2,(H,22,23). The minimum atomic E-state index is -0.636. The van der Waals surface area contributed by atoms with E-state index in [0.717, 1.165) is 11.1 Å². The number of hydrogen-bond donors (Lipinski definition) is 2. The number of imidazole rings is 1. The van der Waals surface area contributed by atoms with Crippen LogP contribution in [0.15, 0.2) is 48.8 Å². The number of carbonyl (C=O) groups is 1. The number of likely N-dealkylation sites (tertiary alicyclic amines) is 1. The van der Waals surface area contributed by atoms with Gasteiger partial charge >= 0.3 is 0 Å². The molecule has 1 fully saturated rings. The van der Waals surface area contributed by atoms with Crippen LogP contribution in [-0.4, -0.2) is 39.0 Å². The fourth-order valence-electron chi connectivity index (χ4n) is 3.66. The second-order valence-electron chi connectivity index (χ2n) is 6.73. The lowest BCUT2D eigenvalue weighted by Crippen LogP contribution is -2.39. The van der Waals surface area contributed by atoms with Crippen LogP contribution in [0, 0.1) is 11.7 Å². The van der Waals surface area contributed by atoms with E-state index in [1.165, 1.54) is 12.1 Å². The third-order valence-electron chi connectivity index (χ3n) is 5.17. The topological polar surface area (TPSA) is 69.2 Å². The molecule has 1 aliphatic rings. The Morgan fingerprint density at radius 2 is 1.92 bits per heavy atom. The first-order valence-corrected chi connectivity index (χ1v) is 8.78. The smallest absolute Gasteiger partial charge is 0.256 e. The molecule has 1 saturated heterocycles. The second kappa shape index (κ2) is 6.88. The zero-order chi connectivity index (χ0) is 18.1. The predicted octanol–water partition coefficient (Wildman–Crippen LogP) is 3.29. The SMILES string of the molecule is O=C(c1cccc2[nH]cnc12)N1CCC(C(O)c2ccc(F)cc2)CC1. The highest BCUT2D eigenvalue weighted by Gasteiger charge is 2.29. The summed E-state index contributed by atoms with van der Waals surface area (Å²) in [6.07, 6.45) is 2.37. The molecule has 26 heavy (non-hydrogen) atoms. The van der Waals surface area contributed by atoms with Crippen molar-refractivity contribution in [2.24, 2.45) is 5.92 Å². The number of amides is 1. The van der Waals surface area contributed by atoms with Crippen molar-refractivity contribution in [3.8, 4) is 0 Å². The molecule has 0 saturated carbocycles. The lowest BCUT2D eigenvalue weighted by molar-refractivity contribution is 0.0463. The summed E-state index contributed by atoms with van der Waals surface area (Å²) in [7, 11) is 0. The van der Waals surface area contributed by atoms with Crippen molar-refractivity contribution in [3.63, 3.8) is 0 Å². The highest BCUT2D eigenvalue weighted by atomic mass is 19.1. The van der Waals surface area contributed by atoms with E-state index in [0.29, 0.717) is 37.0 Å². The molecule has 2 aromatic carbocycles. The lowest BCUT2D eigenvalue weighted by Gasteiger charge is -2.34. The number of carbonyl (C=O) groups excluding carboxylic acids is 1. The fourth-order valence-corrected chi connectivity index (χ4v) is 3.66. The number of piperidine rings is 1. The van der Waals surface area contributed by atoms with E-state index in [1.807, 2.05) is 17.0 Å². The first-order chi connectivity index (χ1) is 12.6. The summed E-state index contributed by atoms with van der Waals surface area (Å²) >= 11 is 0. The number of aliphatic hydroxyl groups is 1. The molecule has 6 heteroatoms. The Morgan fingerprint density at radius 1 is 1.19 bits per heavy atom. The number of hydrogen-bond acceptors (Lipinski definition) is 3. The van der Waals surface area contributed by atoms with Crippen LogP contribution in [0.4, 0.5) is 4.39 Å². The van der Waals surface area contributed by atoms with Crippen molar-refractivity contribution in [1.29, 1.82) is 0 Å². The first kappa shape index (κ1) is 16.7. The summed E-state index contributed by atoms with van der Waals surface area (Å²) in [6.45, 7) is 1.17. The van der Waals surface area contributed by atoms with E-state index in [1.54, 1.807) is 24.5 Å². The maximum atomic E-state index is 13.0.